The number of benzene rings is 2. The molecule has 1 aliphatic rings. The van der Waals surface area contributed by atoms with Gasteiger partial charge in [0.25, 0.3) is 0 Å². The summed E-state index contributed by atoms with van der Waals surface area (Å²) >= 11 is 0. The molecule has 0 saturated heterocycles. The number of carbonyl (C=O) groups excluding carboxylic acids is 1. The Balaban J connectivity index is 1.66. The summed E-state index contributed by atoms with van der Waals surface area (Å²) in [4.78, 5) is 15.8. The van der Waals surface area contributed by atoms with Crippen LogP contribution in [0.4, 0.5) is 13.2 Å². The molecule has 1 unspecified atom stereocenters. The molecule has 184 valence electrons. The number of hydrogen-bond acceptors (Lipinski definition) is 5. The highest BCUT2D eigenvalue weighted by atomic mass is 32.2. The third-order valence-electron chi connectivity index (χ3n) is 5.92. The van der Waals surface area contributed by atoms with E-state index >= 15 is 0 Å². The second-order valence-electron chi connectivity index (χ2n) is 8.71. The zero-order valence-corrected chi connectivity index (χ0v) is 19.3. The van der Waals surface area contributed by atoms with E-state index in [9.17, 15) is 31.6 Å². The summed E-state index contributed by atoms with van der Waals surface area (Å²) in [5.41, 5.74) is -0.411. The van der Waals surface area contributed by atoms with Gasteiger partial charge in [0, 0.05) is 22.7 Å². The first-order valence-corrected chi connectivity index (χ1v) is 12.7. The third-order valence-corrected chi connectivity index (χ3v) is 7.53. The van der Waals surface area contributed by atoms with E-state index in [1.807, 2.05) is 6.07 Å². The van der Waals surface area contributed by atoms with Gasteiger partial charge in [-0.05, 0) is 24.5 Å². The fourth-order valence-corrected chi connectivity index (χ4v) is 5.52. The fraction of sp³-hybridized carbons (Fsp3) is 0.333. The molecule has 1 aliphatic carbocycles. The average molecular weight is 505 g/mol. The minimum absolute atomic E-state index is 0.159. The Kier molecular flexibility index (Phi) is 6.62. The van der Waals surface area contributed by atoms with Crippen LogP contribution in [-0.2, 0) is 20.4 Å². The van der Waals surface area contributed by atoms with Crippen molar-refractivity contribution in [3.8, 4) is 6.07 Å². The van der Waals surface area contributed by atoms with Gasteiger partial charge in [0.15, 0.2) is 9.84 Å². The van der Waals surface area contributed by atoms with Crippen molar-refractivity contribution in [1.29, 1.82) is 5.26 Å². The van der Waals surface area contributed by atoms with Crippen LogP contribution in [0.1, 0.15) is 30.0 Å². The molecule has 35 heavy (non-hydrogen) atoms. The Hall–Kier alpha value is -3.36. The van der Waals surface area contributed by atoms with E-state index in [1.54, 1.807) is 48.5 Å². The van der Waals surface area contributed by atoms with Crippen LogP contribution >= 0.6 is 0 Å². The molecule has 11 heteroatoms. The van der Waals surface area contributed by atoms with Crippen LogP contribution < -0.4 is 10.6 Å². The number of hydrogen-bond donors (Lipinski definition) is 3. The number of nitriles is 1. The van der Waals surface area contributed by atoms with Crippen molar-refractivity contribution in [1.82, 2.24) is 15.6 Å². The summed E-state index contributed by atoms with van der Waals surface area (Å²) in [5.74, 6) is -2.27. The van der Waals surface area contributed by atoms with Crippen LogP contribution in [0.25, 0.3) is 10.9 Å². The largest absolute Gasteiger partial charge is 0.408 e. The van der Waals surface area contributed by atoms with Crippen molar-refractivity contribution in [3.05, 3.63) is 71.9 Å². The lowest BCUT2D eigenvalue weighted by Gasteiger charge is -2.27. The summed E-state index contributed by atoms with van der Waals surface area (Å²) in [5, 5.41) is 14.3. The van der Waals surface area contributed by atoms with Crippen LogP contribution in [0.2, 0.25) is 0 Å². The number of para-hydroxylation sites is 1. The van der Waals surface area contributed by atoms with E-state index in [-0.39, 0.29) is 5.56 Å². The number of H-pyrrole nitrogens is 1. The number of aromatic amines is 1. The molecule has 0 bridgehead atoms. The number of carbonyl (C=O) groups is 1. The van der Waals surface area contributed by atoms with Crippen molar-refractivity contribution in [2.24, 2.45) is 0 Å². The lowest BCUT2D eigenvalue weighted by molar-refractivity contribution is -0.160. The zero-order valence-electron chi connectivity index (χ0n) is 18.5. The first-order valence-electron chi connectivity index (χ1n) is 10.9. The van der Waals surface area contributed by atoms with Gasteiger partial charge in [-0.15, -0.1) is 0 Å². The summed E-state index contributed by atoms with van der Waals surface area (Å²) in [7, 11) is -4.00. The number of nitrogens with zero attached hydrogens (tertiary/aromatic N) is 1. The molecule has 1 heterocycles. The van der Waals surface area contributed by atoms with E-state index in [0.717, 1.165) is 0 Å². The van der Waals surface area contributed by atoms with Crippen LogP contribution in [-0.4, -0.2) is 42.8 Å². The number of fused-ring (bicyclic) bond motifs is 1. The number of sulfone groups is 1. The van der Waals surface area contributed by atoms with Gasteiger partial charge < -0.3 is 10.3 Å². The lowest BCUT2D eigenvalue weighted by Crippen LogP contribution is -2.54. The maximum Gasteiger partial charge on any atom is 0.408 e. The zero-order chi connectivity index (χ0) is 25.3. The maximum absolute atomic E-state index is 14.2. The van der Waals surface area contributed by atoms with Gasteiger partial charge in [-0.25, -0.2) is 8.42 Å². The van der Waals surface area contributed by atoms with Gasteiger partial charge in [0.05, 0.1) is 17.6 Å². The minimum atomic E-state index is -4.83. The summed E-state index contributed by atoms with van der Waals surface area (Å²) in [6.45, 7) is 0. The van der Waals surface area contributed by atoms with E-state index in [1.165, 1.54) is 12.3 Å². The molecule has 1 amide bonds. The summed E-state index contributed by atoms with van der Waals surface area (Å²) in [6, 6.07) is 12.4. The molecule has 2 aromatic carbocycles. The monoisotopic (exact) mass is 504 g/mol. The predicted octanol–water partition coefficient (Wildman–Crippen LogP) is 3.52. The molecule has 0 aliphatic heterocycles. The van der Waals surface area contributed by atoms with Crippen molar-refractivity contribution >= 4 is 26.6 Å². The number of nitrogens with one attached hydrogen (secondary N) is 3. The number of alkyl halides is 3. The van der Waals surface area contributed by atoms with Gasteiger partial charge in [-0.3, -0.25) is 10.1 Å². The molecule has 4 rings (SSSR count). The quantitative estimate of drug-likeness (QED) is 0.413. The number of halogens is 3. The molecule has 3 aromatic rings. The van der Waals surface area contributed by atoms with Gasteiger partial charge in [-0.1, -0.05) is 48.5 Å². The molecule has 0 spiro atoms. The van der Waals surface area contributed by atoms with Crippen LogP contribution in [0.5, 0.6) is 0 Å². The van der Waals surface area contributed by atoms with Crippen molar-refractivity contribution in [2.75, 3.05) is 5.75 Å². The highest BCUT2D eigenvalue weighted by Gasteiger charge is 2.48. The molecular weight excluding hydrogens is 481 g/mol. The van der Waals surface area contributed by atoms with Crippen molar-refractivity contribution in [2.45, 2.75) is 42.4 Å². The Bertz CT molecular complexity index is 1360. The second kappa shape index (κ2) is 9.36. The van der Waals surface area contributed by atoms with Gasteiger partial charge in [0.2, 0.25) is 5.91 Å². The van der Waals surface area contributed by atoms with E-state index < -0.39 is 51.0 Å². The van der Waals surface area contributed by atoms with E-state index in [0.29, 0.717) is 29.3 Å². The SMILES string of the molecule is N#CC1(NC(=O)C(CS(=O)(=O)Cc2ccccc2)N[C@H](c2c[nH]c3ccccc23)C(F)(F)F)CC1. The molecule has 7 nitrogen and oxygen atoms in total. The number of rotatable bonds is 9. The third kappa shape index (κ3) is 5.83. The lowest BCUT2D eigenvalue weighted by atomic mass is 10.0. The maximum atomic E-state index is 14.2. The predicted molar refractivity (Wildman–Crippen MR) is 124 cm³/mol. The Morgan fingerprint density at radius 2 is 1.77 bits per heavy atom. The molecule has 1 aromatic heterocycles. The highest BCUT2D eigenvalue weighted by molar-refractivity contribution is 7.90. The highest BCUT2D eigenvalue weighted by Crippen LogP contribution is 2.37. The smallest absolute Gasteiger partial charge is 0.361 e. The number of amides is 1. The van der Waals surface area contributed by atoms with Crippen LogP contribution in [0.15, 0.2) is 60.8 Å². The van der Waals surface area contributed by atoms with E-state index in [2.05, 4.69) is 15.6 Å². The number of aromatic nitrogens is 1. The topological polar surface area (TPSA) is 115 Å². The summed E-state index contributed by atoms with van der Waals surface area (Å²) < 4.78 is 68.5. The normalized spacial score (nSPS) is 16.9. The summed E-state index contributed by atoms with van der Waals surface area (Å²) in [6.07, 6.45) is -2.94. The Labute approximate surface area is 200 Å². The van der Waals surface area contributed by atoms with Crippen molar-refractivity contribution in [3.63, 3.8) is 0 Å². The standard InChI is InChI=1S/C24H23F3N4O3S/c25-24(26,27)21(18-12-29-19-9-5-4-8-17(18)19)30-20(22(32)31-23(15-28)10-11-23)14-35(33,34)13-16-6-2-1-3-7-16/h1-9,12,20-21,29-30H,10-11,13-14H2,(H,31,32)/t20?,21-/m1/s1. The molecule has 2 atom stereocenters. The van der Waals surface area contributed by atoms with Crippen LogP contribution in [0.3, 0.4) is 0 Å². The average Bonchev–Trinajstić information content (AvgIpc) is 3.45. The van der Waals surface area contributed by atoms with Gasteiger partial charge in [0.1, 0.15) is 17.6 Å². The van der Waals surface area contributed by atoms with Crippen molar-refractivity contribution < 1.29 is 26.4 Å². The van der Waals surface area contributed by atoms with Gasteiger partial charge >= 0.3 is 6.18 Å². The van der Waals surface area contributed by atoms with Crippen LogP contribution in [0, 0.1) is 11.3 Å². The van der Waals surface area contributed by atoms with E-state index in [4.69, 9.17) is 0 Å². The molecule has 1 saturated carbocycles. The molecule has 3 N–H and O–H groups in total. The Morgan fingerprint density at radius 1 is 1.11 bits per heavy atom. The van der Waals surface area contributed by atoms with Gasteiger partial charge in [-0.2, -0.15) is 18.4 Å². The molecular formula is C24H23F3N4O3S. The first-order chi connectivity index (χ1) is 16.5. The molecule has 0 radical (unpaired) electrons. The fourth-order valence-electron chi connectivity index (χ4n) is 3.95. The molecule has 1 fully saturated rings. The Morgan fingerprint density at radius 3 is 2.40 bits per heavy atom. The second-order valence-corrected chi connectivity index (χ2v) is 10.8. The first kappa shape index (κ1) is 24.8. The minimum Gasteiger partial charge on any atom is -0.361 e.